The third kappa shape index (κ3) is 3.07. The summed E-state index contributed by atoms with van der Waals surface area (Å²) in [6.45, 7) is 2.66. The maximum Gasteiger partial charge on any atom is 0.251 e. The van der Waals surface area contributed by atoms with Crippen LogP contribution in [0, 0.1) is 0 Å². The molecule has 1 aliphatic heterocycles. The van der Waals surface area contributed by atoms with Gasteiger partial charge in [-0.25, -0.2) is 0 Å². The summed E-state index contributed by atoms with van der Waals surface area (Å²) < 4.78 is 1.76. The van der Waals surface area contributed by atoms with Gasteiger partial charge in [-0.3, -0.25) is 9.48 Å². The van der Waals surface area contributed by atoms with E-state index in [2.05, 4.69) is 21.4 Å². The predicted molar refractivity (Wildman–Crippen MR) is 82.3 cm³/mol. The predicted octanol–water partition coefficient (Wildman–Crippen LogP) is 1.95. The van der Waals surface area contributed by atoms with Gasteiger partial charge in [0, 0.05) is 37.6 Å². The molecule has 1 amide bonds. The summed E-state index contributed by atoms with van der Waals surface area (Å²) in [5, 5.41) is 7.03. The Balaban J connectivity index is 1.67. The summed E-state index contributed by atoms with van der Waals surface area (Å²) in [4.78, 5) is 14.6. The van der Waals surface area contributed by atoms with Gasteiger partial charge < -0.3 is 10.2 Å². The molecular formula is C16H20N4O. The van der Waals surface area contributed by atoms with E-state index in [4.69, 9.17) is 0 Å². The van der Waals surface area contributed by atoms with Gasteiger partial charge in [0.05, 0.1) is 12.2 Å². The van der Waals surface area contributed by atoms with Crippen molar-refractivity contribution in [3.63, 3.8) is 0 Å². The zero-order valence-electron chi connectivity index (χ0n) is 12.2. The molecule has 0 bridgehead atoms. The number of rotatable bonds is 4. The Labute approximate surface area is 124 Å². The van der Waals surface area contributed by atoms with Crippen molar-refractivity contribution in [3.05, 3.63) is 47.8 Å². The summed E-state index contributed by atoms with van der Waals surface area (Å²) in [6.07, 6.45) is 4.20. The van der Waals surface area contributed by atoms with Crippen LogP contribution in [-0.4, -0.2) is 28.8 Å². The molecule has 2 aromatic rings. The van der Waals surface area contributed by atoms with Crippen molar-refractivity contribution in [1.82, 2.24) is 15.1 Å². The molecule has 0 atom stereocenters. The lowest BCUT2D eigenvalue weighted by Crippen LogP contribution is -2.24. The molecule has 1 aromatic carbocycles. The first-order valence-corrected chi connectivity index (χ1v) is 7.34. The Morgan fingerprint density at radius 2 is 2.10 bits per heavy atom. The molecule has 0 aliphatic carbocycles. The van der Waals surface area contributed by atoms with Crippen molar-refractivity contribution in [3.8, 4) is 0 Å². The van der Waals surface area contributed by atoms with Gasteiger partial charge in [0.2, 0.25) is 0 Å². The molecule has 3 rings (SSSR count). The van der Waals surface area contributed by atoms with Crippen LogP contribution in [0.2, 0.25) is 0 Å². The van der Waals surface area contributed by atoms with E-state index in [1.54, 1.807) is 10.9 Å². The fraction of sp³-hybridized carbons (Fsp3) is 0.375. The molecule has 0 unspecified atom stereocenters. The summed E-state index contributed by atoms with van der Waals surface area (Å²) in [5.74, 6) is -0.0442. The number of nitrogens with one attached hydrogen (secondary N) is 1. The van der Waals surface area contributed by atoms with Gasteiger partial charge in [-0.05, 0) is 37.1 Å². The van der Waals surface area contributed by atoms with Crippen molar-refractivity contribution >= 4 is 11.6 Å². The standard InChI is InChI=1S/C16H20N4O/c1-19-15(7-8-18-19)12-17-16(21)13-5-4-6-14(11-13)20-9-2-3-10-20/h4-8,11H,2-3,9-10,12H2,1H3,(H,17,21). The van der Waals surface area contributed by atoms with Gasteiger partial charge in [-0.1, -0.05) is 6.07 Å². The van der Waals surface area contributed by atoms with Crippen molar-refractivity contribution in [2.75, 3.05) is 18.0 Å². The van der Waals surface area contributed by atoms with E-state index in [0.717, 1.165) is 24.5 Å². The van der Waals surface area contributed by atoms with Crippen molar-refractivity contribution in [2.45, 2.75) is 19.4 Å². The number of aromatic nitrogens is 2. The lowest BCUT2D eigenvalue weighted by atomic mass is 10.1. The highest BCUT2D eigenvalue weighted by Crippen LogP contribution is 2.21. The molecule has 5 nitrogen and oxygen atoms in total. The zero-order chi connectivity index (χ0) is 14.7. The van der Waals surface area contributed by atoms with E-state index in [0.29, 0.717) is 12.1 Å². The Morgan fingerprint density at radius 1 is 1.29 bits per heavy atom. The highest BCUT2D eigenvalue weighted by molar-refractivity contribution is 5.95. The topological polar surface area (TPSA) is 50.2 Å². The van der Waals surface area contributed by atoms with Crippen LogP contribution in [0.1, 0.15) is 28.9 Å². The van der Waals surface area contributed by atoms with Gasteiger partial charge >= 0.3 is 0 Å². The van der Waals surface area contributed by atoms with E-state index in [1.165, 1.54) is 12.8 Å². The maximum absolute atomic E-state index is 12.3. The van der Waals surface area contributed by atoms with Crippen LogP contribution >= 0.6 is 0 Å². The minimum atomic E-state index is -0.0442. The smallest absolute Gasteiger partial charge is 0.251 e. The first-order chi connectivity index (χ1) is 10.2. The lowest BCUT2D eigenvalue weighted by Gasteiger charge is -2.18. The molecule has 0 spiro atoms. The van der Waals surface area contributed by atoms with Crippen LogP contribution in [-0.2, 0) is 13.6 Å². The molecule has 0 saturated carbocycles. The summed E-state index contributed by atoms with van der Waals surface area (Å²) in [7, 11) is 1.87. The first-order valence-electron chi connectivity index (χ1n) is 7.34. The summed E-state index contributed by atoms with van der Waals surface area (Å²) in [5.41, 5.74) is 2.83. The monoisotopic (exact) mass is 284 g/mol. The second-order valence-electron chi connectivity index (χ2n) is 5.37. The lowest BCUT2D eigenvalue weighted by molar-refractivity contribution is 0.0950. The zero-order valence-corrected chi connectivity index (χ0v) is 12.2. The largest absolute Gasteiger partial charge is 0.372 e. The fourth-order valence-electron chi connectivity index (χ4n) is 2.67. The van der Waals surface area contributed by atoms with Crippen molar-refractivity contribution in [2.24, 2.45) is 7.05 Å². The number of benzene rings is 1. The molecule has 1 saturated heterocycles. The van der Waals surface area contributed by atoms with Crippen LogP contribution in [0.25, 0.3) is 0 Å². The van der Waals surface area contributed by atoms with Gasteiger partial charge in [0.15, 0.2) is 0 Å². The quantitative estimate of drug-likeness (QED) is 0.933. The first kappa shape index (κ1) is 13.7. The van der Waals surface area contributed by atoms with Gasteiger partial charge in [-0.2, -0.15) is 5.10 Å². The number of nitrogens with zero attached hydrogens (tertiary/aromatic N) is 3. The van der Waals surface area contributed by atoms with Crippen LogP contribution in [0.15, 0.2) is 36.5 Å². The molecule has 110 valence electrons. The third-order valence-corrected chi connectivity index (χ3v) is 3.93. The molecule has 1 N–H and O–H groups in total. The second-order valence-corrected chi connectivity index (χ2v) is 5.37. The highest BCUT2D eigenvalue weighted by Gasteiger charge is 2.14. The van der Waals surface area contributed by atoms with Crippen molar-refractivity contribution < 1.29 is 4.79 Å². The van der Waals surface area contributed by atoms with Crippen LogP contribution in [0.4, 0.5) is 5.69 Å². The number of anilines is 1. The Bertz CT molecular complexity index is 629. The molecular weight excluding hydrogens is 264 g/mol. The Hall–Kier alpha value is -2.30. The Kier molecular flexibility index (Phi) is 3.90. The minimum Gasteiger partial charge on any atom is -0.372 e. The molecule has 2 heterocycles. The van der Waals surface area contributed by atoms with Gasteiger partial charge in [-0.15, -0.1) is 0 Å². The van der Waals surface area contributed by atoms with E-state index in [-0.39, 0.29) is 5.91 Å². The molecule has 21 heavy (non-hydrogen) atoms. The molecule has 0 radical (unpaired) electrons. The second kappa shape index (κ2) is 5.99. The minimum absolute atomic E-state index is 0.0442. The van der Waals surface area contributed by atoms with Crippen LogP contribution < -0.4 is 10.2 Å². The normalized spacial score (nSPS) is 14.4. The summed E-state index contributed by atoms with van der Waals surface area (Å²) in [6, 6.07) is 9.76. The Morgan fingerprint density at radius 3 is 2.81 bits per heavy atom. The average Bonchev–Trinajstić information content (AvgIpc) is 3.16. The fourth-order valence-corrected chi connectivity index (χ4v) is 2.67. The highest BCUT2D eigenvalue weighted by atomic mass is 16.1. The van der Waals surface area contributed by atoms with Gasteiger partial charge in [0.25, 0.3) is 5.91 Å². The average molecular weight is 284 g/mol. The number of carbonyl (C=O) groups is 1. The van der Waals surface area contributed by atoms with E-state index in [9.17, 15) is 4.79 Å². The molecule has 1 aliphatic rings. The van der Waals surface area contributed by atoms with E-state index in [1.807, 2.05) is 31.3 Å². The van der Waals surface area contributed by atoms with Gasteiger partial charge in [0.1, 0.15) is 0 Å². The van der Waals surface area contributed by atoms with E-state index >= 15 is 0 Å². The number of amides is 1. The molecule has 5 heteroatoms. The van der Waals surface area contributed by atoms with Crippen molar-refractivity contribution in [1.29, 1.82) is 0 Å². The number of aryl methyl sites for hydroxylation is 1. The number of hydrogen-bond acceptors (Lipinski definition) is 3. The van der Waals surface area contributed by atoms with Crippen LogP contribution in [0.3, 0.4) is 0 Å². The third-order valence-electron chi connectivity index (χ3n) is 3.93. The summed E-state index contributed by atoms with van der Waals surface area (Å²) >= 11 is 0. The molecule has 1 fully saturated rings. The number of carbonyl (C=O) groups excluding carboxylic acids is 1. The number of hydrogen-bond donors (Lipinski definition) is 1. The molecule has 1 aromatic heterocycles. The SMILES string of the molecule is Cn1nccc1CNC(=O)c1cccc(N2CCCC2)c1. The van der Waals surface area contributed by atoms with E-state index < -0.39 is 0 Å². The van der Waals surface area contributed by atoms with Crippen LogP contribution in [0.5, 0.6) is 0 Å². The maximum atomic E-state index is 12.3.